The fourth-order valence-electron chi connectivity index (χ4n) is 3.47. The third kappa shape index (κ3) is 4.14. The van der Waals surface area contributed by atoms with E-state index in [4.69, 9.17) is 25.8 Å². The van der Waals surface area contributed by atoms with E-state index in [1.807, 2.05) is 11.0 Å². The van der Waals surface area contributed by atoms with Crippen molar-refractivity contribution in [3.63, 3.8) is 0 Å². The van der Waals surface area contributed by atoms with Crippen LogP contribution in [0.15, 0.2) is 30.6 Å². The van der Waals surface area contributed by atoms with Crippen molar-refractivity contribution in [1.82, 2.24) is 9.97 Å². The quantitative estimate of drug-likeness (QED) is 0.724. The Kier molecular flexibility index (Phi) is 5.81. The summed E-state index contributed by atoms with van der Waals surface area (Å²) in [5.74, 6) is 1.42. The van der Waals surface area contributed by atoms with E-state index in [0.29, 0.717) is 35.7 Å². The van der Waals surface area contributed by atoms with Gasteiger partial charge in [-0.05, 0) is 43.0 Å². The molecule has 0 aliphatic carbocycles. The van der Waals surface area contributed by atoms with Crippen LogP contribution in [0.5, 0.6) is 11.5 Å². The number of fused-ring (bicyclic) bond motifs is 1. The first-order chi connectivity index (χ1) is 13.7. The molecule has 3 heterocycles. The van der Waals surface area contributed by atoms with Gasteiger partial charge in [-0.3, -0.25) is 0 Å². The maximum absolute atomic E-state index is 12.8. The summed E-state index contributed by atoms with van der Waals surface area (Å²) in [4.78, 5) is 23.3. The van der Waals surface area contributed by atoms with Gasteiger partial charge in [0.2, 0.25) is 5.95 Å². The Bertz CT molecular complexity index is 834. The fourth-order valence-corrected chi connectivity index (χ4v) is 3.76. The van der Waals surface area contributed by atoms with E-state index in [2.05, 4.69) is 9.97 Å². The van der Waals surface area contributed by atoms with Gasteiger partial charge in [0, 0.05) is 25.4 Å². The highest BCUT2D eigenvalue weighted by Gasteiger charge is 2.31. The zero-order valence-corrected chi connectivity index (χ0v) is 16.2. The van der Waals surface area contributed by atoms with Gasteiger partial charge in [-0.25, -0.2) is 14.8 Å². The first-order valence-corrected chi connectivity index (χ1v) is 9.88. The Hall–Kier alpha value is -2.54. The van der Waals surface area contributed by atoms with Crippen molar-refractivity contribution in [2.75, 3.05) is 24.7 Å². The minimum atomic E-state index is -0.382. The SMILES string of the molecule is O=C(OCc1cc(Cl)c2c(c1)OCCCO2)[C@H]1CCCCN1c1ncccn1. The third-order valence-corrected chi connectivity index (χ3v) is 5.11. The number of benzene rings is 1. The molecule has 1 atom stereocenters. The smallest absolute Gasteiger partial charge is 0.329 e. The molecule has 2 aliphatic rings. The van der Waals surface area contributed by atoms with Crippen LogP contribution in [0.3, 0.4) is 0 Å². The average molecular weight is 404 g/mol. The first kappa shape index (κ1) is 18.8. The number of anilines is 1. The van der Waals surface area contributed by atoms with Gasteiger partial charge in [0.05, 0.1) is 18.2 Å². The number of aromatic nitrogens is 2. The summed E-state index contributed by atoms with van der Waals surface area (Å²) in [6.45, 7) is 2.00. The zero-order chi connectivity index (χ0) is 19.3. The topological polar surface area (TPSA) is 73.8 Å². The number of hydrogen-bond acceptors (Lipinski definition) is 7. The molecule has 1 saturated heterocycles. The Balaban J connectivity index is 1.45. The van der Waals surface area contributed by atoms with Gasteiger partial charge >= 0.3 is 5.97 Å². The highest BCUT2D eigenvalue weighted by atomic mass is 35.5. The number of carbonyl (C=O) groups excluding carboxylic acids is 1. The molecule has 1 fully saturated rings. The Morgan fingerprint density at radius 3 is 2.86 bits per heavy atom. The van der Waals surface area contributed by atoms with Gasteiger partial charge in [-0.1, -0.05) is 11.6 Å². The van der Waals surface area contributed by atoms with Crippen LogP contribution in [0.1, 0.15) is 31.2 Å². The number of ether oxygens (including phenoxy) is 3. The van der Waals surface area contributed by atoms with Crippen molar-refractivity contribution < 1.29 is 19.0 Å². The van der Waals surface area contributed by atoms with Crippen LogP contribution in [0.2, 0.25) is 5.02 Å². The number of rotatable bonds is 4. The summed E-state index contributed by atoms with van der Waals surface area (Å²) in [7, 11) is 0. The number of piperidine rings is 1. The van der Waals surface area contributed by atoms with E-state index in [9.17, 15) is 4.79 Å². The minimum absolute atomic E-state index is 0.120. The van der Waals surface area contributed by atoms with E-state index in [0.717, 1.165) is 37.8 Å². The maximum atomic E-state index is 12.8. The normalized spacial score (nSPS) is 19.0. The molecule has 0 bridgehead atoms. The van der Waals surface area contributed by atoms with Crippen LogP contribution >= 0.6 is 11.6 Å². The molecule has 0 amide bonds. The lowest BCUT2D eigenvalue weighted by molar-refractivity contribution is -0.147. The van der Waals surface area contributed by atoms with Gasteiger partial charge in [0.15, 0.2) is 11.5 Å². The Morgan fingerprint density at radius 2 is 2.00 bits per heavy atom. The van der Waals surface area contributed by atoms with Gasteiger partial charge in [-0.15, -0.1) is 0 Å². The van der Waals surface area contributed by atoms with E-state index < -0.39 is 0 Å². The van der Waals surface area contributed by atoms with Crippen LogP contribution in [0.4, 0.5) is 5.95 Å². The monoisotopic (exact) mass is 403 g/mol. The molecule has 28 heavy (non-hydrogen) atoms. The molecule has 0 spiro atoms. The predicted molar refractivity (Wildman–Crippen MR) is 104 cm³/mol. The summed E-state index contributed by atoms with van der Waals surface area (Å²) in [6.07, 6.45) is 6.85. The minimum Gasteiger partial charge on any atom is -0.489 e. The molecular weight excluding hydrogens is 382 g/mol. The average Bonchev–Trinajstić information content (AvgIpc) is 2.98. The number of halogens is 1. The Morgan fingerprint density at radius 1 is 1.18 bits per heavy atom. The summed E-state index contributed by atoms with van der Waals surface area (Å²) in [5, 5.41) is 0.461. The highest BCUT2D eigenvalue weighted by Crippen LogP contribution is 2.38. The van der Waals surface area contributed by atoms with Crippen molar-refractivity contribution >= 4 is 23.5 Å². The summed E-state index contributed by atoms with van der Waals surface area (Å²) >= 11 is 6.32. The van der Waals surface area contributed by atoms with Crippen LogP contribution in [0, 0.1) is 0 Å². The van der Waals surface area contributed by atoms with Crippen molar-refractivity contribution in [3.8, 4) is 11.5 Å². The summed E-state index contributed by atoms with van der Waals surface area (Å²) in [6, 6.07) is 4.95. The van der Waals surface area contributed by atoms with Crippen molar-refractivity contribution in [2.45, 2.75) is 38.3 Å². The summed E-state index contributed by atoms with van der Waals surface area (Å²) < 4.78 is 16.9. The molecule has 1 aromatic carbocycles. The fraction of sp³-hybridized carbons (Fsp3) is 0.450. The van der Waals surface area contributed by atoms with Gasteiger partial charge in [0.25, 0.3) is 0 Å². The van der Waals surface area contributed by atoms with Crippen LogP contribution in [-0.2, 0) is 16.1 Å². The molecule has 0 radical (unpaired) electrons. The number of esters is 1. The van der Waals surface area contributed by atoms with Crippen LogP contribution in [0.25, 0.3) is 0 Å². The molecule has 0 N–H and O–H groups in total. The largest absolute Gasteiger partial charge is 0.489 e. The molecule has 2 aliphatic heterocycles. The number of nitrogens with zero attached hydrogens (tertiary/aromatic N) is 3. The second-order valence-electron chi connectivity index (χ2n) is 6.82. The lowest BCUT2D eigenvalue weighted by Crippen LogP contribution is -2.46. The van der Waals surface area contributed by atoms with Gasteiger partial charge < -0.3 is 19.1 Å². The van der Waals surface area contributed by atoms with Gasteiger partial charge in [0.1, 0.15) is 12.6 Å². The second kappa shape index (κ2) is 8.65. The second-order valence-corrected chi connectivity index (χ2v) is 7.22. The molecule has 4 rings (SSSR count). The van der Waals surface area contributed by atoms with Crippen LogP contribution < -0.4 is 14.4 Å². The van der Waals surface area contributed by atoms with Crippen molar-refractivity contribution in [1.29, 1.82) is 0 Å². The van der Waals surface area contributed by atoms with E-state index in [-0.39, 0.29) is 18.6 Å². The van der Waals surface area contributed by atoms with Crippen molar-refractivity contribution in [3.05, 3.63) is 41.2 Å². The van der Waals surface area contributed by atoms with Gasteiger partial charge in [-0.2, -0.15) is 0 Å². The lowest BCUT2D eigenvalue weighted by atomic mass is 10.0. The predicted octanol–water partition coefficient (Wildman–Crippen LogP) is 3.39. The van der Waals surface area contributed by atoms with E-state index in [1.54, 1.807) is 24.5 Å². The molecule has 148 valence electrons. The molecule has 0 saturated carbocycles. The molecule has 7 nitrogen and oxygen atoms in total. The maximum Gasteiger partial charge on any atom is 0.329 e. The standard InChI is InChI=1S/C20H22ClN3O4/c21-15-11-14(12-17-18(15)27-10-4-9-26-17)13-28-19(25)16-5-1-2-8-24(16)20-22-6-3-7-23-20/h3,6-7,11-12,16H,1-2,4-5,8-10,13H2/t16-/m1/s1. The lowest BCUT2D eigenvalue weighted by Gasteiger charge is -2.33. The van der Waals surface area contributed by atoms with Crippen molar-refractivity contribution in [2.24, 2.45) is 0 Å². The zero-order valence-electron chi connectivity index (χ0n) is 15.5. The number of hydrogen-bond donors (Lipinski definition) is 0. The van der Waals surface area contributed by atoms with Crippen LogP contribution in [-0.4, -0.2) is 41.7 Å². The molecule has 1 aromatic heterocycles. The molecule has 8 heteroatoms. The summed E-state index contributed by atoms with van der Waals surface area (Å²) in [5.41, 5.74) is 0.765. The molecule has 0 unspecified atom stereocenters. The highest BCUT2D eigenvalue weighted by molar-refractivity contribution is 6.32. The Labute approximate surface area is 168 Å². The third-order valence-electron chi connectivity index (χ3n) is 4.83. The van der Waals surface area contributed by atoms with E-state index >= 15 is 0 Å². The number of carbonyl (C=O) groups is 1. The first-order valence-electron chi connectivity index (χ1n) is 9.50. The molecular formula is C20H22ClN3O4. The molecule has 2 aromatic rings. The van der Waals surface area contributed by atoms with E-state index in [1.165, 1.54) is 0 Å².